The standard InChI is InChI=1S/C14H27N/c1-11-8-12(2)10-13(9-11)14-6-4-3-5-7-15-14/h11-15H,3-10H2,1-2H3. The Balaban J connectivity index is 1.89. The van der Waals surface area contributed by atoms with Crippen molar-refractivity contribution in [2.45, 2.75) is 64.8 Å². The summed E-state index contributed by atoms with van der Waals surface area (Å²) in [6.07, 6.45) is 10.1. The second-order valence-electron chi connectivity index (χ2n) is 6.09. The maximum absolute atomic E-state index is 3.79. The van der Waals surface area contributed by atoms with E-state index in [1.54, 1.807) is 0 Å². The largest absolute Gasteiger partial charge is 0.314 e. The van der Waals surface area contributed by atoms with Crippen LogP contribution in [-0.2, 0) is 0 Å². The van der Waals surface area contributed by atoms with E-state index >= 15 is 0 Å². The summed E-state index contributed by atoms with van der Waals surface area (Å²) in [7, 11) is 0. The van der Waals surface area contributed by atoms with Crippen molar-refractivity contribution >= 4 is 0 Å². The Morgan fingerprint density at radius 2 is 1.60 bits per heavy atom. The lowest BCUT2D eigenvalue weighted by molar-refractivity contribution is 0.173. The summed E-state index contributed by atoms with van der Waals surface area (Å²) in [6, 6.07) is 0.845. The second kappa shape index (κ2) is 5.34. The van der Waals surface area contributed by atoms with Crippen LogP contribution in [0.5, 0.6) is 0 Å². The lowest BCUT2D eigenvalue weighted by Gasteiger charge is -2.36. The number of hydrogen-bond donors (Lipinski definition) is 1. The molecular formula is C14H27N. The molecule has 1 nitrogen and oxygen atoms in total. The van der Waals surface area contributed by atoms with Crippen LogP contribution in [0, 0.1) is 17.8 Å². The molecule has 2 rings (SSSR count). The molecule has 1 saturated carbocycles. The predicted molar refractivity (Wildman–Crippen MR) is 65.9 cm³/mol. The first-order valence-electron chi connectivity index (χ1n) is 6.99. The van der Waals surface area contributed by atoms with Crippen molar-refractivity contribution in [3.05, 3.63) is 0 Å². The molecule has 1 heteroatoms. The Morgan fingerprint density at radius 3 is 2.33 bits per heavy atom. The number of hydrogen-bond acceptors (Lipinski definition) is 1. The zero-order valence-electron chi connectivity index (χ0n) is 10.5. The van der Waals surface area contributed by atoms with E-state index in [4.69, 9.17) is 0 Å². The van der Waals surface area contributed by atoms with Gasteiger partial charge in [-0.25, -0.2) is 0 Å². The van der Waals surface area contributed by atoms with Gasteiger partial charge in [-0.05, 0) is 56.4 Å². The first-order valence-corrected chi connectivity index (χ1v) is 6.99. The Bertz CT molecular complexity index is 172. The van der Waals surface area contributed by atoms with Crippen LogP contribution in [0.2, 0.25) is 0 Å². The van der Waals surface area contributed by atoms with E-state index in [1.807, 2.05) is 0 Å². The van der Waals surface area contributed by atoms with Crippen molar-refractivity contribution in [1.29, 1.82) is 0 Å². The summed E-state index contributed by atoms with van der Waals surface area (Å²) in [5.41, 5.74) is 0. The molecule has 3 atom stereocenters. The molecule has 1 aliphatic carbocycles. The maximum Gasteiger partial charge on any atom is 0.00955 e. The third kappa shape index (κ3) is 3.21. The van der Waals surface area contributed by atoms with Gasteiger partial charge in [-0.15, -0.1) is 0 Å². The average Bonchev–Trinajstić information content (AvgIpc) is 2.43. The Labute approximate surface area is 95.0 Å². The van der Waals surface area contributed by atoms with Crippen LogP contribution in [0.25, 0.3) is 0 Å². The fraction of sp³-hybridized carbons (Fsp3) is 1.00. The van der Waals surface area contributed by atoms with Crippen molar-refractivity contribution in [2.24, 2.45) is 17.8 Å². The molecule has 1 saturated heterocycles. The molecule has 88 valence electrons. The molecule has 0 spiro atoms. The van der Waals surface area contributed by atoms with Gasteiger partial charge in [-0.3, -0.25) is 0 Å². The summed E-state index contributed by atoms with van der Waals surface area (Å²) in [6.45, 7) is 6.16. The highest BCUT2D eigenvalue weighted by Gasteiger charge is 2.29. The van der Waals surface area contributed by atoms with Crippen LogP contribution >= 0.6 is 0 Å². The third-order valence-corrected chi connectivity index (χ3v) is 4.38. The second-order valence-corrected chi connectivity index (χ2v) is 6.09. The Hall–Kier alpha value is -0.0400. The molecule has 0 bridgehead atoms. The quantitative estimate of drug-likeness (QED) is 0.696. The zero-order valence-corrected chi connectivity index (χ0v) is 10.5. The van der Waals surface area contributed by atoms with Crippen molar-refractivity contribution < 1.29 is 0 Å². The highest BCUT2D eigenvalue weighted by atomic mass is 14.9. The molecule has 1 aliphatic heterocycles. The van der Waals surface area contributed by atoms with E-state index in [0.29, 0.717) is 0 Å². The molecule has 0 amide bonds. The van der Waals surface area contributed by atoms with Crippen LogP contribution in [0.4, 0.5) is 0 Å². The lowest BCUT2D eigenvalue weighted by atomic mass is 9.73. The third-order valence-electron chi connectivity index (χ3n) is 4.38. The van der Waals surface area contributed by atoms with Gasteiger partial charge in [0.1, 0.15) is 0 Å². The van der Waals surface area contributed by atoms with E-state index in [2.05, 4.69) is 19.2 Å². The lowest BCUT2D eigenvalue weighted by Crippen LogP contribution is -2.39. The molecule has 1 N–H and O–H groups in total. The summed E-state index contributed by atoms with van der Waals surface area (Å²) >= 11 is 0. The first kappa shape index (κ1) is 11.4. The van der Waals surface area contributed by atoms with Crippen LogP contribution in [0.3, 0.4) is 0 Å². The normalized spacial score (nSPS) is 43.6. The van der Waals surface area contributed by atoms with Gasteiger partial charge >= 0.3 is 0 Å². The fourth-order valence-electron chi connectivity index (χ4n) is 3.80. The minimum Gasteiger partial charge on any atom is -0.314 e. The van der Waals surface area contributed by atoms with E-state index in [9.17, 15) is 0 Å². The molecule has 15 heavy (non-hydrogen) atoms. The van der Waals surface area contributed by atoms with Gasteiger partial charge in [0.25, 0.3) is 0 Å². The molecule has 0 radical (unpaired) electrons. The molecular weight excluding hydrogens is 182 g/mol. The van der Waals surface area contributed by atoms with Gasteiger partial charge in [0.15, 0.2) is 0 Å². The zero-order chi connectivity index (χ0) is 10.7. The summed E-state index contributed by atoms with van der Waals surface area (Å²) in [5.74, 6) is 2.90. The van der Waals surface area contributed by atoms with E-state index in [-0.39, 0.29) is 0 Å². The van der Waals surface area contributed by atoms with Gasteiger partial charge in [0.2, 0.25) is 0 Å². The SMILES string of the molecule is CC1CC(C)CC(C2CCCCCN2)C1. The Kier molecular flexibility index (Phi) is 4.07. The molecule has 0 aromatic heterocycles. The highest BCUT2D eigenvalue weighted by molar-refractivity contribution is 4.84. The minimum atomic E-state index is 0.845. The number of rotatable bonds is 1. The summed E-state index contributed by atoms with van der Waals surface area (Å²) in [5, 5.41) is 3.79. The van der Waals surface area contributed by atoms with Gasteiger partial charge in [0, 0.05) is 6.04 Å². The molecule has 2 aliphatic rings. The van der Waals surface area contributed by atoms with E-state index in [0.717, 1.165) is 23.8 Å². The van der Waals surface area contributed by atoms with E-state index < -0.39 is 0 Å². The van der Waals surface area contributed by atoms with Crippen molar-refractivity contribution in [2.75, 3.05) is 6.54 Å². The topological polar surface area (TPSA) is 12.0 Å². The Morgan fingerprint density at radius 1 is 0.867 bits per heavy atom. The molecule has 2 fully saturated rings. The average molecular weight is 209 g/mol. The summed E-state index contributed by atoms with van der Waals surface area (Å²) < 4.78 is 0. The maximum atomic E-state index is 3.79. The van der Waals surface area contributed by atoms with E-state index in [1.165, 1.54) is 51.5 Å². The van der Waals surface area contributed by atoms with Crippen molar-refractivity contribution in [3.63, 3.8) is 0 Å². The van der Waals surface area contributed by atoms with Crippen LogP contribution in [0.15, 0.2) is 0 Å². The van der Waals surface area contributed by atoms with Gasteiger partial charge in [-0.2, -0.15) is 0 Å². The molecule has 3 unspecified atom stereocenters. The van der Waals surface area contributed by atoms with Crippen LogP contribution < -0.4 is 5.32 Å². The van der Waals surface area contributed by atoms with Gasteiger partial charge in [0.05, 0.1) is 0 Å². The van der Waals surface area contributed by atoms with Gasteiger partial charge in [-0.1, -0.05) is 26.7 Å². The monoisotopic (exact) mass is 209 g/mol. The van der Waals surface area contributed by atoms with Gasteiger partial charge < -0.3 is 5.32 Å². The molecule has 0 aromatic rings. The van der Waals surface area contributed by atoms with Crippen molar-refractivity contribution in [3.8, 4) is 0 Å². The smallest absolute Gasteiger partial charge is 0.00955 e. The fourth-order valence-corrected chi connectivity index (χ4v) is 3.80. The molecule has 0 aromatic carbocycles. The number of nitrogens with one attached hydrogen (secondary N) is 1. The minimum absolute atomic E-state index is 0.845. The van der Waals surface area contributed by atoms with Crippen molar-refractivity contribution in [1.82, 2.24) is 5.32 Å². The highest BCUT2D eigenvalue weighted by Crippen LogP contribution is 2.36. The first-order chi connectivity index (χ1) is 7.25. The predicted octanol–water partition coefficient (Wildman–Crippen LogP) is 3.59. The summed E-state index contributed by atoms with van der Waals surface area (Å²) in [4.78, 5) is 0. The van der Waals surface area contributed by atoms with Crippen LogP contribution in [-0.4, -0.2) is 12.6 Å². The van der Waals surface area contributed by atoms with Crippen LogP contribution in [0.1, 0.15) is 58.8 Å². The molecule has 1 heterocycles.